The van der Waals surface area contributed by atoms with Gasteiger partial charge in [0.05, 0.1) is 45.0 Å². The van der Waals surface area contributed by atoms with Crippen molar-refractivity contribution < 1.29 is 0 Å². The molecule has 12 aromatic rings. The zero-order valence-corrected chi connectivity index (χ0v) is 37.1. The Morgan fingerprint density at radius 2 is 0.812 bits per heavy atom. The Morgan fingerprint density at radius 3 is 1.36 bits per heavy atom. The summed E-state index contributed by atoms with van der Waals surface area (Å²) in [5.74, 6) is 0. The van der Waals surface area contributed by atoms with Crippen LogP contribution in [0.1, 0.15) is 52.7 Å². The van der Waals surface area contributed by atoms with Gasteiger partial charge in [-0.3, -0.25) is 4.98 Å². The third-order valence-electron chi connectivity index (χ3n) is 13.4. The van der Waals surface area contributed by atoms with E-state index in [1.807, 2.05) is 6.20 Å². The van der Waals surface area contributed by atoms with Crippen LogP contribution in [0.25, 0.3) is 110 Å². The molecule has 0 saturated heterocycles. The fourth-order valence-electron chi connectivity index (χ4n) is 10.0. The van der Waals surface area contributed by atoms with E-state index in [1.54, 1.807) is 0 Å². The summed E-state index contributed by atoms with van der Waals surface area (Å²) >= 11 is 0. The van der Waals surface area contributed by atoms with Crippen LogP contribution in [0, 0.1) is 0 Å². The van der Waals surface area contributed by atoms with Gasteiger partial charge in [-0.25, -0.2) is 4.98 Å². The first kappa shape index (κ1) is 38.1. The van der Waals surface area contributed by atoms with Gasteiger partial charge in [-0.1, -0.05) is 157 Å². The Labute approximate surface area is 373 Å². The van der Waals surface area contributed by atoms with Gasteiger partial charge in [0.2, 0.25) is 0 Å². The average molecular weight is 825 g/mol. The van der Waals surface area contributed by atoms with Crippen molar-refractivity contribution in [3.63, 3.8) is 0 Å². The average Bonchev–Trinajstić information content (AvgIpc) is 3.83. The summed E-state index contributed by atoms with van der Waals surface area (Å²) in [5.41, 5.74) is 15.9. The van der Waals surface area contributed by atoms with Crippen molar-refractivity contribution in [3.8, 4) is 33.8 Å². The standard InChI is InChI=1S/C60H48N4/c1-59(2,3)40-33-41(60(4,5)6)35-43(34-40)64-54-25-14-12-21-47(54)51-32-38(27-29-56(51)64)37-26-28-55-50(31-37)46-20-11-13-24-53(46)63(55)42-17-15-16-39(30-42)52-36-61-57-48-22-9-7-18-44(48)45-19-8-10-23-49(45)58(57)62-52/h7-36H,1-6H3. The van der Waals surface area contributed by atoms with Gasteiger partial charge in [-0.2, -0.15) is 0 Å². The molecule has 0 N–H and O–H groups in total. The number of para-hydroxylation sites is 2. The number of aromatic nitrogens is 4. The molecule has 0 saturated carbocycles. The Morgan fingerprint density at radius 1 is 0.344 bits per heavy atom. The Balaban J connectivity index is 0.984. The molecular formula is C60H48N4. The highest BCUT2D eigenvalue weighted by atomic mass is 15.0. The van der Waals surface area contributed by atoms with Crippen molar-refractivity contribution in [3.05, 3.63) is 193 Å². The normalized spacial score (nSPS) is 12.5. The van der Waals surface area contributed by atoms with Crippen LogP contribution < -0.4 is 0 Å². The first-order chi connectivity index (χ1) is 31.0. The molecule has 0 atom stereocenters. The van der Waals surface area contributed by atoms with Gasteiger partial charge in [0, 0.05) is 49.3 Å². The number of nitrogens with zero attached hydrogens (tertiary/aromatic N) is 4. The highest BCUT2D eigenvalue weighted by molar-refractivity contribution is 6.23. The monoisotopic (exact) mass is 824 g/mol. The SMILES string of the molecule is CC(C)(C)c1cc(-n2c3ccccc3c3cc(-c4ccc5c(c4)c4ccccc4n5-c4cccc(-c5cnc6c7ccccc7c7ccccc7c6n5)c4)ccc32)cc(C(C)(C)C)c1. The second-order valence-corrected chi connectivity index (χ2v) is 19.5. The molecule has 0 aliphatic heterocycles. The lowest BCUT2D eigenvalue weighted by Crippen LogP contribution is -2.17. The predicted octanol–water partition coefficient (Wildman–Crippen LogP) is 16.1. The minimum atomic E-state index is 0.0181. The summed E-state index contributed by atoms with van der Waals surface area (Å²) in [6.45, 7) is 13.9. The van der Waals surface area contributed by atoms with Gasteiger partial charge in [0.15, 0.2) is 0 Å². The molecule has 0 unspecified atom stereocenters. The molecule has 308 valence electrons. The quantitative estimate of drug-likeness (QED) is 0.166. The zero-order chi connectivity index (χ0) is 43.5. The number of rotatable bonds is 4. The lowest BCUT2D eigenvalue weighted by molar-refractivity contribution is 0.568. The minimum absolute atomic E-state index is 0.0181. The smallest absolute Gasteiger partial charge is 0.0979 e. The molecule has 0 fully saturated rings. The van der Waals surface area contributed by atoms with Crippen molar-refractivity contribution in [2.24, 2.45) is 0 Å². The number of hydrogen-bond acceptors (Lipinski definition) is 2. The van der Waals surface area contributed by atoms with E-state index in [0.29, 0.717) is 0 Å². The van der Waals surface area contributed by atoms with Gasteiger partial charge >= 0.3 is 0 Å². The summed E-state index contributed by atoms with van der Waals surface area (Å²) < 4.78 is 4.86. The molecule has 0 aliphatic carbocycles. The molecule has 4 nitrogen and oxygen atoms in total. The summed E-state index contributed by atoms with van der Waals surface area (Å²) in [5, 5.41) is 9.58. The van der Waals surface area contributed by atoms with Gasteiger partial charge in [-0.15, -0.1) is 0 Å². The molecule has 4 heteroatoms. The van der Waals surface area contributed by atoms with Crippen LogP contribution in [0.15, 0.2) is 182 Å². The van der Waals surface area contributed by atoms with E-state index < -0.39 is 0 Å². The van der Waals surface area contributed by atoms with Crippen molar-refractivity contribution in [1.82, 2.24) is 19.1 Å². The Kier molecular flexibility index (Phi) is 8.33. The van der Waals surface area contributed by atoms with Crippen molar-refractivity contribution in [2.75, 3.05) is 0 Å². The van der Waals surface area contributed by atoms with Crippen LogP contribution in [-0.4, -0.2) is 19.1 Å². The van der Waals surface area contributed by atoms with Crippen LogP contribution in [0.5, 0.6) is 0 Å². The fraction of sp³-hybridized carbons (Fsp3) is 0.133. The fourth-order valence-corrected chi connectivity index (χ4v) is 10.0. The van der Waals surface area contributed by atoms with Crippen LogP contribution in [0.4, 0.5) is 0 Å². The van der Waals surface area contributed by atoms with Gasteiger partial charge < -0.3 is 9.13 Å². The summed E-state index contributed by atoms with van der Waals surface area (Å²) in [6, 6.07) is 64.6. The largest absolute Gasteiger partial charge is 0.309 e. The Hall–Kier alpha value is -7.56. The molecule has 0 aliphatic rings. The summed E-state index contributed by atoms with van der Waals surface area (Å²) in [7, 11) is 0. The van der Waals surface area contributed by atoms with E-state index in [0.717, 1.165) is 44.3 Å². The Bertz CT molecular complexity index is 3800. The van der Waals surface area contributed by atoms with E-state index in [1.165, 1.54) is 76.8 Å². The number of fused-ring (bicyclic) bond motifs is 12. The van der Waals surface area contributed by atoms with Crippen LogP contribution in [0.3, 0.4) is 0 Å². The van der Waals surface area contributed by atoms with Gasteiger partial charge in [0.25, 0.3) is 0 Å². The highest BCUT2D eigenvalue weighted by Crippen LogP contribution is 2.41. The van der Waals surface area contributed by atoms with E-state index in [4.69, 9.17) is 9.97 Å². The molecule has 12 rings (SSSR count). The lowest BCUT2D eigenvalue weighted by Gasteiger charge is -2.26. The second-order valence-electron chi connectivity index (χ2n) is 19.5. The zero-order valence-electron chi connectivity index (χ0n) is 37.1. The van der Waals surface area contributed by atoms with Gasteiger partial charge in [0.1, 0.15) is 0 Å². The maximum absolute atomic E-state index is 5.33. The molecule has 0 radical (unpaired) electrons. The lowest BCUT2D eigenvalue weighted by atomic mass is 9.80. The molecule has 64 heavy (non-hydrogen) atoms. The summed E-state index contributed by atoms with van der Waals surface area (Å²) in [4.78, 5) is 10.4. The molecule has 0 amide bonds. The van der Waals surface area contributed by atoms with Gasteiger partial charge in [-0.05, 0) is 105 Å². The second kappa shape index (κ2) is 14.0. The number of hydrogen-bond donors (Lipinski definition) is 0. The summed E-state index contributed by atoms with van der Waals surface area (Å²) in [6.07, 6.45) is 1.93. The van der Waals surface area contributed by atoms with E-state index >= 15 is 0 Å². The molecule has 3 heterocycles. The van der Waals surface area contributed by atoms with Crippen molar-refractivity contribution in [2.45, 2.75) is 52.4 Å². The van der Waals surface area contributed by atoms with E-state index in [9.17, 15) is 0 Å². The number of benzene rings is 9. The molecule has 9 aromatic carbocycles. The van der Waals surface area contributed by atoms with E-state index in [-0.39, 0.29) is 10.8 Å². The van der Waals surface area contributed by atoms with Crippen LogP contribution in [0.2, 0.25) is 0 Å². The molecule has 0 bridgehead atoms. The van der Waals surface area contributed by atoms with Crippen LogP contribution >= 0.6 is 0 Å². The maximum Gasteiger partial charge on any atom is 0.0979 e. The third-order valence-corrected chi connectivity index (χ3v) is 13.4. The molecule has 0 spiro atoms. The van der Waals surface area contributed by atoms with E-state index in [2.05, 4.69) is 227 Å². The van der Waals surface area contributed by atoms with Crippen molar-refractivity contribution >= 4 is 76.2 Å². The first-order valence-corrected chi connectivity index (χ1v) is 22.4. The molecule has 3 aromatic heterocycles. The highest BCUT2D eigenvalue weighted by Gasteiger charge is 2.23. The minimum Gasteiger partial charge on any atom is -0.309 e. The van der Waals surface area contributed by atoms with Crippen molar-refractivity contribution in [1.29, 1.82) is 0 Å². The predicted molar refractivity (Wildman–Crippen MR) is 271 cm³/mol. The molecular weight excluding hydrogens is 777 g/mol. The topological polar surface area (TPSA) is 35.6 Å². The maximum atomic E-state index is 5.33. The third kappa shape index (κ3) is 5.97. The first-order valence-electron chi connectivity index (χ1n) is 22.4. The van der Waals surface area contributed by atoms with Crippen LogP contribution in [-0.2, 0) is 10.8 Å².